The van der Waals surface area contributed by atoms with Gasteiger partial charge in [-0.05, 0) is 50.4 Å². The fraction of sp³-hybridized carbons (Fsp3) is 0.600. The van der Waals surface area contributed by atoms with Gasteiger partial charge < -0.3 is 5.32 Å². The first kappa shape index (κ1) is 13.8. The highest BCUT2D eigenvalue weighted by atomic mass is 35.5. The molecule has 0 heterocycles. The summed E-state index contributed by atoms with van der Waals surface area (Å²) in [5, 5.41) is 3.97. The zero-order valence-corrected chi connectivity index (χ0v) is 11.5. The quantitative estimate of drug-likeness (QED) is 0.791. The highest BCUT2D eigenvalue weighted by molar-refractivity contribution is 6.31. The molecular weight excluding hydrogens is 249 g/mol. The van der Waals surface area contributed by atoms with Crippen LogP contribution in [0.2, 0.25) is 5.02 Å². The minimum Gasteiger partial charge on any atom is -0.316 e. The molecule has 0 aliphatic heterocycles. The van der Waals surface area contributed by atoms with Crippen molar-refractivity contribution in [2.24, 2.45) is 5.92 Å². The molecule has 0 amide bonds. The van der Waals surface area contributed by atoms with Crippen LogP contribution in [0.15, 0.2) is 18.2 Å². The second-order valence-electron chi connectivity index (χ2n) is 5.16. The predicted octanol–water partition coefficient (Wildman–Crippen LogP) is 4.19. The van der Waals surface area contributed by atoms with Gasteiger partial charge in [-0.3, -0.25) is 0 Å². The molecule has 18 heavy (non-hydrogen) atoms. The molecule has 1 aromatic carbocycles. The van der Waals surface area contributed by atoms with Crippen molar-refractivity contribution in [1.29, 1.82) is 0 Å². The van der Waals surface area contributed by atoms with Gasteiger partial charge in [0.15, 0.2) is 0 Å². The molecule has 100 valence electrons. The summed E-state index contributed by atoms with van der Waals surface area (Å²) in [7, 11) is 0. The van der Waals surface area contributed by atoms with Gasteiger partial charge in [-0.2, -0.15) is 0 Å². The molecule has 3 heteroatoms. The van der Waals surface area contributed by atoms with Gasteiger partial charge in [0.05, 0.1) is 0 Å². The molecule has 1 N–H and O–H groups in total. The lowest BCUT2D eigenvalue weighted by Gasteiger charge is -2.21. The maximum Gasteiger partial charge on any atom is 0.127 e. The van der Waals surface area contributed by atoms with Crippen molar-refractivity contribution in [3.63, 3.8) is 0 Å². The van der Waals surface area contributed by atoms with Gasteiger partial charge in [-0.25, -0.2) is 4.39 Å². The summed E-state index contributed by atoms with van der Waals surface area (Å²) in [6, 6.07) is 4.88. The van der Waals surface area contributed by atoms with E-state index in [2.05, 4.69) is 5.32 Å². The van der Waals surface area contributed by atoms with Crippen molar-refractivity contribution in [3.8, 4) is 0 Å². The second-order valence-corrected chi connectivity index (χ2v) is 5.57. The zero-order valence-electron chi connectivity index (χ0n) is 10.7. The SMILES string of the molecule is Fc1cccc(Cl)c1CCNCC1CCCCC1. The highest BCUT2D eigenvalue weighted by Crippen LogP contribution is 2.23. The lowest BCUT2D eigenvalue weighted by molar-refractivity contribution is 0.343. The molecule has 1 nitrogen and oxygen atoms in total. The summed E-state index contributed by atoms with van der Waals surface area (Å²) in [4.78, 5) is 0. The van der Waals surface area contributed by atoms with Gasteiger partial charge in [-0.15, -0.1) is 0 Å². The Morgan fingerprint density at radius 1 is 1.22 bits per heavy atom. The number of hydrogen-bond donors (Lipinski definition) is 1. The Bertz CT molecular complexity index is 355. The molecule has 1 aromatic rings. The number of rotatable bonds is 5. The molecule has 0 aromatic heterocycles. The Morgan fingerprint density at radius 3 is 2.72 bits per heavy atom. The van der Waals surface area contributed by atoms with Gasteiger partial charge in [0.1, 0.15) is 5.82 Å². The van der Waals surface area contributed by atoms with E-state index in [-0.39, 0.29) is 5.82 Å². The van der Waals surface area contributed by atoms with E-state index in [4.69, 9.17) is 11.6 Å². The van der Waals surface area contributed by atoms with Crippen LogP contribution < -0.4 is 5.32 Å². The highest BCUT2D eigenvalue weighted by Gasteiger charge is 2.12. The fourth-order valence-electron chi connectivity index (χ4n) is 2.68. The molecule has 0 spiro atoms. The van der Waals surface area contributed by atoms with E-state index >= 15 is 0 Å². The van der Waals surface area contributed by atoms with Crippen molar-refractivity contribution < 1.29 is 4.39 Å². The smallest absolute Gasteiger partial charge is 0.127 e. The second kappa shape index (κ2) is 7.10. The molecule has 1 aliphatic rings. The predicted molar refractivity (Wildman–Crippen MR) is 74.6 cm³/mol. The third-order valence-electron chi connectivity index (χ3n) is 3.77. The van der Waals surface area contributed by atoms with Crippen LogP contribution in [0.25, 0.3) is 0 Å². The van der Waals surface area contributed by atoms with Crippen molar-refractivity contribution in [3.05, 3.63) is 34.6 Å². The van der Waals surface area contributed by atoms with Crippen LogP contribution in [-0.4, -0.2) is 13.1 Å². The largest absolute Gasteiger partial charge is 0.316 e. The summed E-state index contributed by atoms with van der Waals surface area (Å²) < 4.78 is 13.5. The van der Waals surface area contributed by atoms with E-state index in [0.29, 0.717) is 17.0 Å². The Balaban J connectivity index is 1.71. The van der Waals surface area contributed by atoms with Crippen LogP contribution >= 0.6 is 11.6 Å². The maximum atomic E-state index is 13.5. The minimum absolute atomic E-state index is 0.193. The Kier molecular flexibility index (Phi) is 5.45. The van der Waals surface area contributed by atoms with E-state index in [9.17, 15) is 4.39 Å². The standard InChI is InChI=1S/C15H21ClFN/c16-14-7-4-8-15(17)13(14)9-10-18-11-12-5-2-1-3-6-12/h4,7-8,12,18H,1-3,5-6,9-11H2. The van der Waals surface area contributed by atoms with E-state index in [1.165, 1.54) is 38.2 Å². The molecule has 0 unspecified atom stereocenters. The molecule has 2 rings (SSSR count). The van der Waals surface area contributed by atoms with Crippen LogP contribution in [0, 0.1) is 11.7 Å². The third kappa shape index (κ3) is 3.96. The summed E-state index contributed by atoms with van der Waals surface area (Å²) in [5.41, 5.74) is 0.635. The van der Waals surface area contributed by atoms with Crippen molar-refractivity contribution >= 4 is 11.6 Å². The minimum atomic E-state index is -0.193. The van der Waals surface area contributed by atoms with Crippen LogP contribution in [0.4, 0.5) is 4.39 Å². The van der Waals surface area contributed by atoms with Gasteiger partial charge in [0.25, 0.3) is 0 Å². The zero-order chi connectivity index (χ0) is 12.8. The Hall–Kier alpha value is -0.600. The first-order valence-corrected chi connectivity index (χ1v) is 7.29. The lowest BCUT2D eigenvalue weighted by Crippen LogP contribution is -2.26. The Labute approximate surface area is 114 Å². The van der Waals surface area contributed by atoms with Crippen molar-refractivity contribution in [2.75, 3.05) is 13.1 Å². The van der Waals surface area contributed by atoms with Crippen LogP contribution in [-0.2, 0) is 6.42 Å². The normalized spacial score (nSPS) is 17.0. The number of halogens is 2. The number of nitrogens with one attached hydrogen (secondary N) is 1. The maximum absolute atomic E-state index is 13.5. The molecule has 1 saturated carbocycles. The lowest BCUT2D eigenvalue weighted by atomic mass is 9.89. The van der Waals surface area contributed by atoms with Gasteiger partial charge >= 0.3 is 0 Å². The fourth-order valence-corrected chi connectivity index (χ4v) is 2.94. The molecule has 0 radical (unpaired) electrons. The summed E-state index contributed by atoms with van der Waals surface area (Å²) in [6.45, 7) is 1.86. The number of benzene rings is 1. The van der Waals surface area contributed by atoms with E-state index in [1.54, 1.807) is 12.1 Å². The molecule has 1 aliphatic carbocycles. The van der Waals surface area contributed by atoms with Crippen molar-refractivity contribution in [1.82, 2.24) is 5.32 Å². The monoisotopic (exact) mass is 269 g/mol. The van der Waals surface area contributed by atoms with Crippen LogP contribution in [0.1, 0.15) is 37.7 Å². The first-order valence-electron chi connectivity index (χ1n) is 6.91. The summed E-state index contributed by atoms with van der Waals surface area (Å²) >= 11 is 5.99. The van der Waals surface area contributed by atoms with Gasteiger partial charge in [0.2, 0.25) is 0 Å². The first-order chi connectivity index (χ1) is 8.77. The van der Waals surface area contributed by atoms with Crippen LogP contribution in [0.3, 0.4) is 0 Å². The average Bonchev–Trinajstić information content (AvgIpc) is 2.38. The molecule has 0 atom stereocenters. The third-order valence-corrected chi connectivity index (χ3v) is 4.13. The molecule has 1 fully saturated rings. The van der Waals surface area contributed by atoms with Gasteiger partial charge in [0, 0.05) is 10.6 Å². The Morgan fingerprint density at radius 2 is 2.00 bits per heavy atom. The molecular formula is C15H21ClFN. The average molecular weight is 270 g/mol. The molecule has 0 saturated heterocycles. The van der Waals surface area contributed by atoms with Crippen molar-refractivity contribution in [2.45, 2.75) is 38.5 Å². The number of hydrogen-bond acceptors (Lipinski definition) is 1. The van der Waals surface area contributed by atoms with E-state index in [1.807, 2.05) is 0 Å². The summed E-state index contributed by atoms with van der Waals surface area (Å²) in [6.07, 6.45) is 7.47. The van der Waals surface area contributed by atoms with E-state index < -0.39 is 0 Å². The van der Waals surface area contributed by atoms with Crippen LogP contribution in [0.5, 0.6) is 0 Å². The molecule has 0 bridgehead atoms. The van der Waals surface area contributed by atoms with E-state index in [0.717, 1.165) is 19.0 Å². The topological polar surface area (TPSA) is 12.0 Å². The van der Waals surface area contributed by atoms with Gasteiger partial charge in [-0.1, -0.05) is 36.9 Å². The summed E-state index contributed by atoms with van der Waals surface area (Å²) in [5.74, 6) is 0.622.